The highest BCUT2D eigenvalue weighted by atomic mass is 35.5. The largest absolute Gasteiger partial charge is 0.493 e. The Morgan fingerprint density at radius 2 is 1.69 bits per heavy atom. The minimum absolute atomic E-state index is 0.0177. The van der Waals surface area contributed by atoms with Gasteiger partial charge in [-0.25, -0.2) is 8.78 Å². The highest BCUT2D eigenvalue weighted by Crippen LogP contribution is 2.37. The van der Waals surface area contributed by atoms with E-state index in [2.05, 4.69) is 0 Å². The fourth-order valence-electron chi connectivity index (χ4n) is 4.61. The van der Waals surface area contributed by atoms with Gasteiger partial charge in [-0.1, -0.05) is 17.7 Å². The summed E-state index contributed by atoms with van der Waals surface area (Å²) in [5, 5.41) is 0.641. The number of aryl methyl sites for hydroxylation is 1. The molecule has 0 saturated carbocycles. The maximum absolute atomic E-state index is 14.2. The Morgan fingerprint density at radius 3 is 2.31 bits per heavy atom. The third kappa shape index (κ3) is 5.93. The first-order valence-electron chi connectivity index (χ1n) is 11.8. The van der Waals surface area contributed by atoms with Crippen LogP contribution < -0.4 is 4.74 Å². The van der Waals surface area contributed by atoms with Crippen LogP contribution in [0, 0.1) is 24.0 Å². The van der Waals surface area contributed by atoms with Gasteiger partial charge in [-0.2, -0.15) is 0 Å². The molecule has 0 radical (unpaired) electrons. The predicted octanol–water partition coefficient (Wildman–Crippen LogP) is 4.48. The summed E-state index contributed by atoms with van der Waals surface area (Å²) in [4.78, 5) is 29.3. The van der Waals surface area contributed by atoms with Crippen LogP contribution in [0.5, 0.6) is 5.75 Å². The lowest BCUT2D eigenvalue weighted by atomic mass is 9.75. The quantitative estimate of drug-likeness (QED) is 0.580. The number of likely N-dealkylation sites (tertiary alicyclic amines) is 1. The molecule has 6 nitrogen and oxygen atoms in total. The molecule has 0 aromatic heterocycles. The van der Waals surface area contributed by atoms with Gasteiger partial charge in [0.1, 0.15) is 22.9 Å². The van der Waals surface area contributed by atoms with Gasteiger partial charge in [0.2, 0.25) is 5.91 Å². The summed E-state index contributed by atoms with van der Waals surface area (Å²) >= 11 is 6.12. The molecule has 9 heteroatoms. The van der Waals surface area contributed by atoms with Crippen LogP contribution in [0.2, 0.25) is 5.02 Å². The second kappa shape index (κ2) is 10.9. The predicted molar refractivity (Wildman–Crippen MR) is 128 cm³/mol. The van der Waals surface area contributed by atoms with Gasteiger partial charge < -0.3 is 19.3 Å². The maximum atomic E-state index is 14.2. The molecular weight excluding hydrogens is 478 g/mol. The van der Waals surface area contributed by atoms with Crippen molar-refractivity contribution >= 4 is 23.4 Å². The molecule has 2 saturated heterocycles. The number of carbonyl (C=O) groups excluding carboxylic acids is 2. The molecule has 2 aromatic rings. The zero-order chi connectivity index (χ0) is 25.0. The number of ether oxygens (including phenoxy) is 2. The average Bonchev–Trinajstić information content (AvgIpc) is 2.85. The number of morpholine rings is 1. The van der Waals surface area contributed by atoms with Gasteiger partial charge in [0.05, 0.1) is 19.8 Å². The van der Waals surface area contributed by atoms with Gasteiger partial charge in [0, 0.05) is 43.0 Å². The first kappa shape index (κ1) is 25.4. The molecule has 2 amide bonds. The summed E-state index contributed by atoms with van der Waals surface area (Å²) in [6.07, 6.45) is 1.20. The molecule has 0 spiro atoms. The fraction of sp³-hybridized carbons (Fsp3) is 0.462. The molecule has 2 aromatic carbocycles. The Balaban J connectivity index is 1.49. The van der Waals surface area contributed by atoms with Crippen molar-refractivity contribution in [3.8, 4) is 5.75 Å². The highest BCUT2D eigenvalue weighted by molar-refractivity contribution is 6.31. The third-order valence-electron chi connectivity index (χ3n) is 6.85. The van der Waals surface area contributed by atoms with Gasteiger partial charge in [0.25, 0.3) is 5.91 Å². The Kier molecular flexibility index (Phi) is 7.91. The summed E-state index contributed by atoms with van der Waals surface area (Å²) < 4.78 is 39.8. The Hall–Kier alpha value is -2.71. The molecule has 0 atom stereocenters. The standard InChI is InChI=1S/C26H29ClF2N2O4/c1-18-15-19(5-6-20(18)27)35-17-26(16-23(32)30-11-13-34-14-12-30)7-9-31(10-8-26)25(33)24-21(28)3-2-4-22(24)29/h2-6,15H,7-14,16-17H2,1H3. The van der Waals surface area contributed by atoms with E-state index in [9.17, 15) is 18.4 Å². The third-order valence-corrected chi connectivity index (χ3v) is 7.28. The van der Waals surface area contributed by atoms with Crippen molar-refractivity contribution < 1.29 is 27.8 Å². The van der Waals surface area contributed by atoms with Crippen LogP contribution in [-0.4, -0.2) is 67.6 Å². The number of benzene rings is 2. The smallest absolute Gasteiger partial charge is 0.259 e. The molecule has 2 heterocycles. The molecular formula is C26H29ClF2N2O4. The molecule has 0 aliphatic carbocycles. The van der Waals surface area contributed by atoms with Crippen molar-refractivity contribution in [3.63, 3.8) is 0 Å². The van der Waals surface area contributed by atoms with Gasteiger partial charge in [-0.05, 0) is 55.7 Å². The fourth-order valence-corrected chi connectivity index (χ4v) is 4.72. The zero-order valence-corrected chi connectivity index (χ0v) is 20.5. The van der Waals surface area contributed by atoms with Crippen LogP contribution in [0.1, 0.15) is 35.2 Å². The van der Waals surface area contributed by atoms with Crippen LogP contribution in [0.3, 0.4) is 0 Å². The van der Waals surface area contributed by atoms with Gasteiger partial charge in [-0.3, -0.25) is 9.59 Å². The molecule has 2 aliphatic rings. The van der Waals surface area contributed by atoms with E-state index in [1.807, 2.05) is 13.0 Å². The number of piperidine rings is 1. The summed E-state index contributed by atoms with van der Waals surface area (Å²) in [6.45, 7) is 4.81. The van der Waals surface area contributed by atoms with Crippen LogP contribution in [0.25, 0.3) is 0 Å². The van der Waals surface area contributed by atoms with Crippen LogP contribution in [0.15, 0.2) is 36.4 Å². The van der Waals surface area contributed by atoms with Crippen molar-refractivity contribution in [2.45, 2.75) is 26.2 Å². The number of amides is 2. The lowest BCUT2D eigenvalue weighted by Crippen LogP contribution is -2.49. The summed E-state index contributed by atoms with van der Waals surface area (Å²) in [6, 6.07) is 8.78. The SMILES string of the molecule is Cc1cc(OCC2(CC(=O)N3CCOCC3)CCN(C(=O)c3c(F)cccc3F)CC2)ccc1Cl. The van der Waals surface area contributed by atoms with Crippen molar-refractivity contribution in [2.75, 3.05) is 46.0 Å². The van der Waals surface area contributed by atoms with E-state index in [1.165, 1.54) is 11.0 Å². The topological polar surface area (TPSA) is 59.1 Å². The Labute approximate surface area is 208 Å². The molecule has 4 rings (SSSR count). The molecule has 2 aliphatic heterocycles. The Bertz CT molecular complexity index is 1060. The molecule has 0 unspecified atom stereocenters. The summed E-state index contributed by atoms with van der Waals surface area (Å²) in [5.41, 5.74) is -0.180. The molecule has 0 N–H and O–H groups in total. The summed E-state index contributed by atoms with van der Waals surface area (Å²) in [5.74, 6) is -1.77. The van der Waals surface area contributed by atoms with Crippen molar-refractivity contribution in [2.24, 2.45) is 5.41 Å². The van der Waals surface area contributed by atoms with E-state index in [0.717, 1.165) is 17.7 Å². The number of hydrogen-bond donors (Lipinski definition) is 0. The lowest BCUT2D eigenvalue weighted by molar-refractivity contribution is -0.139. The first-order chi connectivity index (χ1) is 16.8. The van der Waals surface area contributed by atoms with Gasteiger partial charge in [0.15, 0.2) is 0 Å². The number of hydrogen-bond acceptors (Lipinski definition) is 4. The first-order valence-corrected chi connectivity index (χ1v) is 12.1. The minimum atomic E-state index is -0.879. The van der Waals surface area contributed by atoms with E-state index in [1.54, 1.807) is 17.0 Å². The van der Waals surface area contributed by atoms with Crippen LogP contribution in [0.4, 0.5) is 8.78 Å². The van der Waals surface area contributed by atoms with Gasteiger partial charge in [-0.15, -0.1) is 0 Å². The van der Waals surface area contributed by atoms with Crippen LogP contribution in [-0.2, 0) is 9.53 Å². The summed E-state index contributed by atoms with van der Waals surface area (Å²) in [7, 11) is 0. The number of rotatable bonds is 6. The van der Waals surface area contributed by atoms with E-state index in [4.69, 9.17) is 21.1 Å². The zero-order valence-electron chi connectivity index (χ0n) is 19.7. The van der Waals surface area contributed by atoms with E-state index < -0.39 is 28.5 Å². The van der Waals surface area contributed by atoms with Crippen molar-refractivity contribution in [1.82, 2.24) is 9.80 Å². The normalized spacial score (nSPS) is 17.8. The molecule has 188 valence electrons. The maximum Gasteiger partial charge on any atom is 0.259 e. The van der Waals surface area contributed by atoms with E-state index in [-0.39, 0.29) is 32.0 Å². The van der Waals surface area contributed by atoms with Crippen molar-refractivity contribution in [3.05, 3.63) is 64.2 Å². The minimum Gasteiger partial charge on any atom is -0.493 e. The second-order valence-corrected chi connectivity index (χ2v) is 9.67. The van der Waals surface area contributed by atoms with Gasteiger partial charge >= 0.3 is 0 Å². The number of nitrogens with zero attached hydrogens (tertiary/aromatic N) is 2. The van der Waals surface area contributed by atoms with Crippen LogP contribution >= 0.6 is 11.6 Å². The van der Waals surface area contributed by atoms with E-state index in [0.29, 0.717) is 49.9 Å². The second-order valence-electron chi connectivity index (χ2n) is 9.26. The highest BCUT2D eigenvalue weighted by Gasteiger charge is 2.40. The molecule has 35 heavy (non-hydrogen) atoms. The lowest BCUT2D eigenvalue weighted by Gasteiger charge is -2.42. The average molecular weight is 507 g/mol. The molecule has 0 bridgehead atoms. The van der Waals surface area contributed by atoms with Crippen molar-refractivity contribution in [1.29, 1.82) is 0 Å². The molecule has 2 fully saturated rings. The number of carbonyl (C=O) groups is 2. The number of halogens is 3. The Morgan fingerprint density at radius 1 is 1.03 bits per heavy atom. The monoisotopic (exact) mass is 506 g/mol. The van der Waals surface area contributed by atoms with E-state index >= 15 is 0 Å².